The van der Waals surface area contributed by atoms with Crippen LogP contribution in [0.1, 0.15) is 17.0 Å². The monoisotopic (exact) mass is 341 g/mol. The zero-order chi connectivity index (χ0) is 14.8. The SMILES string of the molecule is N#Cc1cc(Br)ccc1NC(=O)C1CNc2ccccc21. The molecule has 0 radical (unpaired) electrons. The van der Waals surface area contributed by atoms with E-state index in [1.807, 2.05) is 24.3 Å². The molecule has 1 aliphatic heterocycles. The van der Waals surface area contributed by atoms with Crippen molar-refractivity contribution in [1.82, 2.24) is 0 Å². The molecular weight excluding hydrogens is 330 g/mol. The van der Waals surface area contributed by atoms with Crippen LogP contribution in [0.5, 0.6) is 0 Å². The van der Waals surface area contributed by atoms with Crippen molar-refractivity contribution in [3.63, 3.8) is 0 Å². The second-order valence-corrected chi connectivity index (χ2v) is 5.73. The Kier molecular flexibility index (Phi) is 3.63. The number of halogens is 1. The molecule has 0 spiro atoms. The van der Waals surface area contributed by atoms with Crippen LogP contribution in [0, 0.1) is 11.3 Å². The first-order chi connectivity index (χ1) is 10.2. The number of para-hydroxylation sites is 1. The summed E-state index contributed by atoms with van der Waals surface area (Å²) in [7, 11) is 0. The average molecular weight is 342 g/mol. The number of rotatable bonds is 2. The number of fused-ring (bicyclic) bond motifs is 1. The predicted octanol–water partition coefficient (Wildman–Crippen LogP) is 3.47. The van der Waals surface area contributed by atoms with Crippen LogP contribution < -0.4 is 10.6 Å². The third-order valence-corrected chi connectivity index (χ3v) is 4.00. The van der Waals surface area contributed by atoms with Crippen LogP contribution in [0.15, 0.2) is 46.9 Å². The van der Waals surface area contributed by atoms with E-state index in [0.29, 0.717) is 17.8 Å². The molecule has 0 aliphatic carbocycles. The van der Waals surface area contributed by atoms with Gasteiger partial charge < -0.3 is 10.6 Å². The van der Waals surface area contributed by atoms with E-state index < -0.39 is 0 Å². The second kappa shape index (κ2) is 5.58. The van der Waals surface area contributed by atoms with E-state index in [2.05, 4.69) is 32.6 Å². The number of carbonyl (C=O) groups excluding carboxylic acids is 1. The van der Waals surface area contributed by atoms with Gasteiger partial charge >= 0.3 is 0 Å². The van der Waals surface area contributed by atoms with Crippen LogP contribution in [0.4, 0.5) is 11.4 Å². The number of carbonyl (C=O) groups is 1. The minimum Gasteiger partial charge on any atom is -0.384 e. The average Bonchev–Trinajstić information content (AvgIpc) is 2.93. The summed E-state index contributed by atoms with van der Waals surface area (Å²) >= 11 is 3.32. The summed E-state index contributed by atoms with van der Waals surface area (Å²) in [5.41, 5.74) is 2.96. The predicted molar refractivity (Wildman–Crippen MR) is 85.2 cm³/mol. The number of nitriles is 1. The van der Waals surface area contributed by atoms with Gasteiger partial charge in [0, 0.05) is 16.7 Å². The fourth-order valence-corrected chi connectivity index (χ4v) is 2.82. The van der Waals surface area contributed by atoms with Gasteiger partial charge in [0.05, 0.1) is 17.2 Å². The fourth-order valence-electron chi connectivity index (χ4n) is 2.46. The van der Waals surface area contributed by atoms with Gasteiger partial charge in [-0.25, -0.2) is 0 Å². The van der Waals surface area contributed by atoms with Crippen LogP contribution in [-0.2, 0) is 4.79 Å². The molecule has 21 heavy (non-hydrogen) atoms. The van der Waals surface area contributed by atoms with Gasteiger partial charge in [0.1, 0.15) is 6.07 Å². The van der Waals surface area contributed by atoms with E-state index >= 15 is 0 Å². The molecule has 0 saturated heterocycles. The third-order valence-electron chi connectivity index (χ3n) is 3.51. The molecule has 2 aromatic carbocycles. The Morgan fingerprint density at radius 1 is 1.33 bits per heavy atom. The number of hydrogen-bond donors (Lipinski definition) is 2. The van der Waals surface area contributed by atoms with Crippen LogP contribution >= 0.6 is 15.9 Å². The highest BCUT2D eigenvalue weighted by molar-refractivity contribution is 9.10. The van der Waals surface area contributed by atoms with E-state index in [-0.39, 0.29) is 11.8 Å². The molecule has 2 N–H and O–H groups in total. The van der Waals surface area contributed by atoms with E-state index in [1.54, 1.807) is 18.2 Å². The summed E-state index contributed by atoms with van der Waals surface area (Å²) in [6.07, 6.45) is 0. The lowest BCUT2D eigenvalue weighted by molar-refractivity contribution is -0.117. The lowest BCUT2D eigenvalue weighted by atomic mass is 10.0. The molecule has 0 bridgehead atoms. The van der Waals surface area contributed by atoms with Crippen molar-refractivity contribution in [1.29, 1.82) is 5.26 Å². The van der Waals surface area contributed by atoms with E-state index in [1.165, 1.54) is 0 Å². The number of hydrogen-bond acceptors (Lipinski definition) is 3. The largest absolute Gasteiger partial charge is 0.384 e. The summed E-state index contributed by atoms with van der Waals surface area (Å²) < 4.78 is 0.810. The molecule has 0 saturated carbocycles. The first-order valence-electron chi connectivity index (χ1n) is 6.52. The molecule has 3 rings (SSSR count). The molecule has 1 atom stereocenters. The van der Waals surface area contributed by atoms with Crippen molar-refractivity contribution in [2.45, 2.75) is 5.92 Å². The normalized spacial score (nSPS) is 15.7. The quantitative estimate of drug-likeness (QED) is 0.878. The topological polar surface area (TPSA) is 64.9 Å². The summed E-state index contributed by atoms with van der Waals surface area (Å²) in [5, 5.41) is 15.2. The van der Waals surface area contributed by atoms with Gasteiger partial charge in [-0.15, -0.1) is 0 Å². The Morgan fingerprint density at radius 3 is 2.95 bits per heavy atom. The second-order valence-electron chi connectivity index (χ2n) is 4.81. The maximum Gasteiger partial charge on any atom is 0.233 e. The van der Waals surface area contributed by atoms with E-state index in [4.69, 9.17) is 5.26 Å². The Labute approximate surface area is 130 Å². The summed E-state index contributed by atoms with van der Waals surface area (Å²) in [6, 6.07) is 15.1. The molecule has 104 valence electrons. The number of nitrogens with one attached hydrogen (secondary N) is 2. The van der Waals surface area contributed by atoms with Crippen molar-refractivity contribution >= 4 is 33.2 Å². The number of nitrogens with zero attached hydrogens (tertiary/aromatic N) is 1. The number of amides is 1. The van der Waals surface area contributed by atoms with Gasteiger partial charge in [-0.05, 0) is 29.8 Å². The highest BCUT2D eigenvalue weighted by atomic mass is 79.9. The Bertz CT molecular complexity index is 751. The van der Waals surface area contributed by atoms with Gasteiger partial charge in [-0.3, -0.25) is 4.79 Å². The van der Waals surface area contributed by atoms with Gasteiger partial charge in [0.2, 0.25) is 5.91 Å². The lowest BCUT2D eigenvalue weighted by Crippen LogP contribution is -2.23. The van der Waals surface area contributed by atoms with Gasteiger partial charge in [0.25, 0.3) is 0 Å². The lowest BCUT2D eigenvalue weighted by Gasteiger charge is -2.12. The number of anilines is 2. The molecule has 1 aliphatic rings. The summed E-state index contributed by atoms with van der Waals surface area (Å²) in [5.74, 6) is -0.345. The molecule has 0 fully saturated rings. The highest BCUT2D eigenvalue weighted by Crippen LogP contribution is 2.32. The van der Waals surface area contributed by atoms with Crippen LogP contribution in [0.2, 0.25) is 0 Å². The summed E-state index contributed by atoms with van der Waals surface area (Å²) in [6.45, 7) is 0.573. The van der Waals surface area contributed by atoms with Crippen molar-refractivity contribution in [2.24, 2.45) is 0 Å². The zero-order valence-corrected chi connectivity index (χ0v) is 12.6. The molecular formula is C16H12BrN3O. The van der Waals surface area contributed by atoms with Crippen LogP contribution in [0.3, 0.4) is 0 Å². The maximum absolute atomic E-state index is 12.5. The molecule has 0 aromatic heterocycles. The van der Waals surface area contributed by atoms with Crippen molar-refractivity contribution < 1.29 is 4.79 Å². The minimum atomic E-state index is -0.239. The fraction of sp³-hybridized carbons (Fsp3) is 0.125. The van der Waals surface area contributed by atoms with E-state index in [9.17, 15) is 4.79 Å². The van der Waals surface area contributed by atoms with Crippen molar-refractivity contribution in [3.05, 3.63) is 58.1 Å². The Balaban J connectivity index is 1.84. The van der Waals surface area contributed by atoms with Gasteiger partial charge in [0.15, 0.2) is 0 Å². The van der Waals surface area contributed by atoms with Crippen molar-refractivity contribution in [2.75, 3.05) is 17.2 Å². The summed E-state index contributed by atoms with van der Waals surface area (Å²) in [4.78, 5) is 12.5. The van der Waals surface area contributed by atoms with Gasteiger partial charge in [-0.2, -0.15) is 5.26 Å². The third kappa shape index (κ3) is 2.63. The van der Waals surface area contributed by atoms with Gasteiger partial charge in [-0.1, -0.05) is 34.1 Å². The first-order valence-corrected chi connectivity index (χ1v) is 7.31. The number of benzene rings is 2. The molecule has 4 nitrogen and oxygen atoms in total. The maximum atomic E-state index is 12.5. The van der Waals surface area contributed by atoms with Crippen LogP contribution in [0.25, 0.3) is 0 Å². The zero-order valence-electron chi connectivity index (χ0n) is 11.1. The molecule has 1 heterocycles. The highest BCUT2D eigenvalue weighted by Gasteiger charge is 2.28. The smallest absolute Gasteiger partial charge is 0.233 e. The van der Waals surface area contributed by atoms with Crippen molar-refractivity contribution in [3.8, 4) is 6.07 Å². The standard InChI is InChI=1S/C16H12BrN3O/c17-11-5-6-14(10(7-11)8-18)20-16(21)13-9-19-15-4-2-1-3-12(13)15/h1-7,13,19H,9H2,(H,20,21). The molecule has 5 heteroatoms. The molecule has 1 amide bonds. The Hall–Kier alpha value is -2.32. The van der Waals surface area contributed by atoms with E-state index in [0.717, 1.165) is 15.7 Å². The Morgan fingerprint density at radius 2 is 2.14 bits per heavy atom. The minimum absolute atomic E-state index is 0.105. The van der Waals surface area contributed by atoms with Crippen LogP contribution in [-0.4, -0.2) is 12.5 Å². The first kappa shape index (κ1) is 13.7. The molecule has 2 aromatic rings. The molecule has 1 unspecified atom stereocenters.